The third-order valence-corrected chi connectivity index (χ3v) is 9.56. The SMILES string of the molecule is CCCCc1nc(C)n(-c2cccc(C(C)C)c2)c(=O)c1Cc1ccc(-c2ccccc2C#N)cc1.c1ccc(C2CCCCC2)cc1. The van der Waals surface area contributed by atoms with Crippen LogP contribution in [0, 0.1) is 18.3 Å². The van der Waals surface area contributed by atoms with Crippen molar-refractivity contribution >= 4 is 0 Å². The quantitative estimate of drug-likeness (QED) is 0.162. The van der Waals surface area contributed by atoms with Crippen molar-refractivity contribution in [2.75, 3.05) is 0 Å². The Hall–Kier alpha value is -4.75. The molecule has 1 aliphatic carbocycles. The summed E-state index contributed by atoms with van der Waals surface area (Å²) in [5, 5.41) is 9.46. The van der Waals surface area contributed by atoms with Crippen molar-refractivity contribution in [3.63, 3.8) is 0 Å². The van der Waals surface area contributed by atoms with E-state index < -0.39 is 0 Å². The van der Waals surface area contributed by atoms with E-state index in [4.69, 9.17) is 4.98 Å². The van der Waals surface area contributed by atoms with Crippen LogP contribution < -0.4 is 5.56 Å². The van der Waals surface area contributed by atoms with Crippen LogP contribution in [0.1, 0.15) is 117 Å². The lowest BCUT2D eigenvalue weighted by Crippen LogP contribution is -2.28. The van der Waals surface area contributed by atoms with Crippen LogP contribution in [-0.4, -0.2) is 9.55 Å². The van der Waals surface area contributed by atoms with Crippen LogP contribution in [0.5, 0.6) is 0 Å². The molecule has 1 aliphatic rings. The van der Waals surface area contributed by atoms with Crippen molar-refractivity contribution < 1.29 is 0 Å². The molecule has 6 rings (SSSR count). The minimum absolute atomic E-state index is 0.00779. The van der Waals surface area contributed by atoms with Crippen LogP contribution in [0.4, 0.5) is 0 Å². The Morgan fingerprint density at radius 2 is 1.58 bits per heavy atom. The zero-order valence-electron chi connectivity index (χ0n) is 29.1. The van der Waals surface area contributed by atoms with Gasteiger partial charge in [-0.25, -0.2) is 4.98 Å². The molecule has 246 valence electrons. The molecule has 4 heteroatoms. The molecular weight excluding hydrogens is 587 g/mol. The van der Waals surface area contributed by atoms with Crippen molar-refractivity contribution in [3.8, 4) is 22.9 Å². The molecule has 0 aliphatic heterocycles. The number of rotatable bonds is 9. The second-order valence-corrected chi connectivity index (χ2v) is 13.4. The molecule has 4 nitrogen and oxygen atoms in total. The molecule has 0 amide bonds. The first kappa shape index (κ1) is 34.6. The Balaban J connectivity index is 0.000000313. The lowest BCUT2D eigenvalue weighted by molar-refractivity contribution is 0.443. The highest BCUT2D eigenvalue weighted by Crippen LogP contribution is 2.32. The van der Waals surface area contributed by atoms with E-state index in [1.54, 1.807) is 10.1 Å². The van der Waals surface area contributed by atoms with E-state index in [0.717, 1.165) is 64.6 Å². The summed E-state index contributed by atoms with van der Waals surface area (Å²) in [5.74, 6) is 1.96. The van der Waals surface area contributed by atoms with Gasteiger partial charge in [-0.2, -0.15) is 5.26 Å². The van der Waals surface area contributed by atoms with Crippen molar-refractivity contribution in [2.45, 2.75) is 97.3 Å². The highest BCUT2D eigenvalue weighted by molar-refractivity contribution is 5.70. The Labute approximate surface area is 287 Å². The Morgan fingerprint density at radius 3 is 2.27 bits per heavy atom. The lowest BCUT2D eigenvalue weighted by atomic mass is 9.84. The monoisotopic (exact) mass is 635 g/mol. The van der Waals surface area contributed by atoms with E-state index in [2.05, 4.69) is 81.4 Å². The zero-order valence-corrected chi connectivity index (χ0v) is 29.1. The van der Waals surface area contributed by atoms with Crippen LogP contribution in [0.15, 0.2) is 108 Å². The first-order chi connectivity index (χ1) is 23.4. The summed E-state index contributed by atoms with van der Waals surface area (Å²) >= 11 is 0. The maximum absolute atomic E-state index is 13.9. The first-order valence-corrected chi connectivity index (χ1v) is 17.7. The molecule has 1 heterocycles. The molecule has 0 bridgehead atoms. The number of hydrogen-bond donors (Lipinski definition) is 0. The van der Waals surface area contributed by atoms with Crippen LogP contribution in [0.25, 0.3) is 16.8 Å². The number of nitriles is 1. The normalized spacial score (nSPS) is 13.1. The average Bonchev–Trinajstić information content (AvgIpc) is 3.13. The van der Waals surface area contributed by atoms with Gasteiger partial charge in [0.05, 0.1) is 23.0 Å². The summed E-state index contributed by atoms with van der Waals surface area (Å²) < 4.78 is 1.76. The highest BCUT2D eigenvalue weighted by Gasteiger charge is 2.17. The van der Waals surface area contributed by atoms with Gasteiger partial charge in [0.2, 0.25) is 0 Å². The van der Waals surface area contributed by atoms with Crippen molar-refractivity contribution in [2.24, 2.45) is 0 Å². The molecule has 0 N–H and O–H groups in total. The fourth-order valence-electron chi connectivity index (χ4n) is 6.77. The van der Waals surface area contributed by atoms with Gasteiger partial charge in [0.15, 0.2) is 0 Å². The first-order valence-electron chi connectivity index (χ1n) is 17.7. The average molecular weight is 636 g/mol. The van der Waals surface area contributed by atoms with Gasteiger partial charge in [0.1, 0.15) is 5.82 Å². The second kappa shape index (κ2) is 16.9. The summed E-state index contributed by atoms with van der Waals surface area (Å²) in [6.45, 7) is 8.39. The molecule has 0 radical (unpaired) electrons. The summed E-state index contributed by atoms with van der Waals surface area (Å²) in [6, 6.07) is 37.2. The molecular formula is C44H49N3O. The second-order valence-electron chi connectivity index (χ2n) is 13.4. The Bertz CT molecular complexity index is 1870. The van der Waals surface area contributed by atoms with E-state index in [-0.39, 0.29) is 5.56 Å². The summed E-state index contributed by atoms with van der Waals surface area (Å²) in [4.78, 5) is 18.9. The van der Waals surface area contributed by atoms with Crippen LogP contribution >= 0.6 is 0 Å². The van der Waals surface area contributed by atoms with Gasteiger partial charge in [-0.3, -0.25) is 9.36 Å². The summed E-state index contributed by atoms with van der Waals surface area (Å²) in [5.41, 5.74) is 8.89. The molecule has 0 atom stereocenters. The lowest BCUT2D eigenvalue weighted by Gasteiger charge is -2.21. The van der Waals surface area contributed by atoms with Crippen molar-refractivity contribution in [1.29, 1.82) is 5.26 Å². The smallest absolute Gasteiger partial charge is 0.261 e. The van der Waals surface area contributed by atoms with E-state index in [0.29, 0.717) is 17.9 Å². The van der Waals surface area contributed by atoms with Gasteiger partial charge in [-0.05, 0) is 90.5 Å². The molecule has 4 aromatic carbocycles. The van der Waals surface area contributed by atoms with Gasteiger partial charge in [-0.1, -0.05) is 131 Å². The van der Waals surface area contributed by atoms with E-state index >= 15 is 0 Å². The zero-order chi connectivity index (χ0) is 33.9. The minimum atomic E-state index is 0.00779. The third kappa shape index (κ3) is 8.58. The maximum Gasteiger partial charge on any atom is 0.261 e. The van der Waals surface area contributed by atoms with Gasteiger partial charge >= 0.3 is 0 Å². The molecule has 0 unspecified atom stereocenters. The number of hydrogen-bond acceptors (Lipinski definition) is 3. The number of nitrogens with zero attached hydrogens (tertiary/aromatic N) is 3. The summed E-state index contributed by atoms with van der Waals surface area (Å²) in [7, 11) is 0. The third-order valence-electron chi connectivity index (χ3n) is 9.56. The Kier molecular flexibility index (Phi) is 12.2. The standard InChI is InChI=1S/C32H33N3O.C12H16/c1-5-6-14-31-30(19-24-15-17-25(18-16-24)29-13-8-7-10-27(29)21-33)32(36)35(23(4)34-31)28-12-9-11-26(20-28)22(2)3;1-3-7-11(8-4-1)12-9-5-2-6-10-12/h7-13,15-18,20,22H,5-6,14,19H2,1-4H3;1,3-4,7-8,12H,2,5-6,9-10H2. The van der Waals surface area contributed by atoms with Gasteiger partial charge in [-0.15, -0.1) is 0 Å². The minimum Gasteiger partial charge on any atom is -0.269 e. The van der Waals surface area contributed by atoms with Crippen LogP contribution in [0.2, 0.25) is 0 Å². The molecule has 0 spiro atoms. The molecule has 0 saturated heterocycles. The van der Waals surface area contributed by atoms with Gasteiger partial charge in [0, 0.05) is 12.0 Å². The van der Waals surface area contributed by atoms with E-state index in [1.807, 2.05) is 55.5 Å². The summed E-state index contributed by atoms with van der Waals surface area (Å²) in [6.07, 6.45) is 10.5. The number of benzene rings is 4. The predicted molar refractivity (Wildman–Crippen MR) is 199 cm³/mol. The van der Waals surface area contributed by atoms with E-state index in [9.17, 15) is 10.1 Å². The van der Waals surface area contributed by atoms with Crippen LogP contribution in [-0.2, 0) is 12.8 Å². The molecule has 1 aromatic heterocycles. The topological polar surface area (TPSA) is 58.7 Å². The van der Waals surface area contributed by atoms with Gasteiger partial charge < -0.3 is 0 Å². The largest absolute Gasteiger partial charge is 0.269 e. The fraction of sp³-hybridized carbons (Fsp3) is 0.341. The van der Waals surface area contributed by atoms with E-state index in [1.165, 1.54) is 37.7 Å². The molecule has 1 saturated carbocycles. The predicted octanol–water partition coefficient (Wildman–Crippen LogP) is 10.9. The molecule has 5 aromatic rings. The molecule has 48 heavy (non-hydrogen) atoms. The number of aromatic nitrogens is 2. The van der Waals surface area contributed by atoms with Crippen molar-refractivity contribution in [3.05, 3.63) is 153 Å². The number of unbranched alkanes of at least 4 members (excludes halogenated alkanes) is 1. The van der Waals surface area contributed by atoms with Gasteiger partial charge in [0.25, 0.3) is 5.56 Å². The maximum atomic E-state index is 13.9. The van der Waals surface area contributed by atoms with Crippen LogP contribution in [0.3, 0.4) is 0 Å². The molecule has 1 fully saturated rings. The highest BCUT2D eigenvalue weighted by atomic mass is 16.1. The fourth-order valence-corrected chi connectivity index (χ4v) is 6.77. The van der Waals surface area contributed by atoms with Crippen molar-refractivity contribution in [1.82, 2.24) is 9.55 Å². The number of aryl methyl sites for hydroxylation is 2. The Morgan fingerprint density at radius 1 is 0.875 bits per heavy atom.